The molecule has 7 heteroatoms. The predicted octanol–water partition coefficient (Wildman–Crippen LogP) is 2.86. The van der Waals surface area contributed by atoms with E-state index in [0.29, 0.717) is 22.6 Å². The molecule has 0 unspecified atom stereocenters. The highest BCUT2D eigenvalue weighted by Crippen LogP contribution is 2.20. The van der Waals surface area contributed by atoms with Crippen LogP contribution in [0.15, 0.2) is 24.3 Å². The Hall–Kier alpha value is -3.09. The molecule has 1 heterocycles. The van der Waals surface area contributed by atoms with Crippen molar-refractivity contribution < 1.29 is 28.6 Å². The minimum absolute atomic E-state index is 0.226. The van der Waals surface area contributed by atoms with Crippen molar-refractivity contribution in [3.05, 3.63) is 52.3 Å². The Morgan fingerprint density at radius 3 is 2.46 bits per heavy atom. The molecule has 0 amide bonds. The van der Waals surface area contributed by atoms with Crippen molar-refractivity contribution in [3.63, 3.8) is 0 Å². The first-order valence-corrected chi connectivity index (χ1v) is 8.09. The Balaban J connectivity index is 2.09. The third kappa shape index (κ3) is 4.11. The molecular formula is C19H21NO6. The molecule has 0 radical (unpaired) electrons. The standard InChI is InChI=1S/C19H21NO6/c1-5-25-19(23)16-11(2)17(20-12(16)3)15(21)10-26-18(22)13-7-6-8-14(9-13)24-4/h6-9,20H,5,10H2,1-4H3. The highest BCUT2D eigenvalue weighted by atomic mass is 16.5. The molecule has 138 valence electrons. The van der Waals surface area contributed by atoms with Gasteiger partial charge in [0.25, 0.3) is 0 Å². The average Bonchev–Trinajstić information content (AvgIpc) is 2.94. The van der Waals surface area contributed by atoms with Crippen LogP contribution in [0.25, 0.3) is 0 Å². The first-order valence-electron chi connectivity index (χ1n) is 8.09. The van der Waals surface area contributed by atoms with Gasteiger partial charge in [0, 0.05) is 5.69 Å². The first-order chi connectivity index (χ1) is 12.4. The molecule has 2 aromatic rings. The third-order valence-electron chi connectivity index (χ3n) is 3.84. The van der Waals surface area contributed by atoms with Crippen LogP contribution in [0.5, 0.6) is 5.75 Å². The molecule has 26 heavy (non-hydrogen) atoms. The van der Waals surface area contributed by atoms with E-state index in [1.54, 1.807) is 39.0 Å². The fraction of sp³-hybridized carbons (Fsp3) is 0.316. The lowest BCUT2D eigenvalue weighted by molar-refractivity contribution is 0.0472. The summed E-state index contributed by atoms with van der Waals surface area (Å²) in [4.78, 5) is 39.3. The number of nitrogens with one attached hydrogen (secondary N) is 1. The van der Waals surface area contributed by atoms with Gasteiger partial charge in [-0.25, -0.2) is 9.59 Å². The molecule has 0 fully saturated rings. The zero-order valence-electron chi connectivity index (χ0n) is 15.2. The second kappa shape index (κ2) is 8.33. The maximum absolute atomic E-state index is 12.4. The fourth-order valence-corrected chi connectivity index (χ4v) is 2.57. The molecule has 0 aliphatic carbocycles. The van der Waals surface area contributed by atoms with Crippen LogP contribution in [0.3, 0.4) is 0 Å². The summed E-state index contributed by atoms with van der Waals surface area (Å²) in [5.41, 5.74) is 1.84. The van der Waals surface area contributed by atoms with E-state index in [9.17, 15) is 14.4 Å². The summed E-state index contributed by atoms with van der Waals surface area (Å²) in [6, 6.07) is 6.44. The van der Waals surface area contributed by atoms with E-state index in [2.05, 4.69) is 4.98 Å². The van der Waals surface area contributed by atoms with Crippen LogP contribution in [0.2, 0.25) is 0 Å². The molecule has 1 N–H and O–H groups in total. The van der Waals surface area contributed by atoms with Gasteiger partial charge in [0.2, 0.25) is 5.78 Å². The molecule has 0 aliphatic heterocycles. The number of carbonyl (C=O) groups is 3. The second-order valence-corrected chi connectivity index (χ2v) is 5.58. The van der Waals surface area contributed by atoms with E-state index in [1.807, 2.05) is 0 Å². The lowest BCUT2D eigenvalue weighted by atomic mass is 10.1. The molecule has 0 spiro atoms. The van der Waals surface area contributed by atoms with Gasteiger partial charge in [0.15, 0.2) is 6.61 Å². The van der Waals surface area contributed by atoms with Gasteiger partial charge in [0.1, 0.15) is 5.75 Å². The van der Waals surface area contributed by atoms with Crippen molar-refractivity contribution in [2.75, 3.05) is 20.3 Å². The number of aryl methyl sites for hydroxylation is 1. The van der Waals surface area contributed by atoms with Gasteiger partial charge in [-0.3, -0.25) is 4.79 Å². The van der Waals surface area contributed by atoms with Crippen LogP contribution in [-0.4, -0.2) is 43.0 Å². The van der Waals surface area contributed by atoms with Gasteiger partial charge in [-0.15, -0.1) is 0 Å². The molecule has 7 nitrogen and oxygen atoms in total. The lowest BCUT2D eigenvalue weighted by Crippen LogP contribution is -2.15. The average molecular weight is 359 g/mol. The van der Waals surface area contributed by atoms with E-state index in [4.69, 9.17) is 14.2 Å². The summed E-state index contributed by atoms with van der Waals surface area (Å²) < 4.78 is 15.1. The number of carbonyl (C=O) groups excluding carboxylic acids is 3. The molecule has 1 aromatic carbocycles. The highest BCUT2D eigenvalue weighted by molar-refractivity contribution is 6.03. The molecule has 1 aromatic heterocycles. The van der Waals surface area contributed by atoms with Gasteiger partial charge in [0.05, 0.1) is 30.5 Å². The van der Waals surface area contributed by atoms with Gasteiger partial charge in [-0.1, -0.05) is 6.07 Å². The normalized spacial score (nSPS) is 10.3. The quantitative estimate of drug-likeness (QED) is 0.603. The number of hydrogen-bond acceptors (Lipinski definition) is 6. The topological polar surface area (TPSA) is 94.7 Å². The van der Waals surface area contributed by atoms with Crippen molar-refractivity contribution in [1.29, 1.82) is 0 Å². The number of ketones is 1. The maximum Gasteiger partial charge on any atom is 0.340 e. The highest BCUT2D eigenvalue weighted by Gasteiger charge is 2.23. The maximum atomic E-state index is 12.4. The largest absolute Gasteiger partial charge is 0.497 e. The number of benzene rings is 1. The van der Waals surface area contributed by atoms with E-state index in [-0.39, 0.29) is 17.9 Å². The monoisotopic (exact) mass is 359 g/mol. The lowest BCUT2D eigenvalue weighted by Gasteiger charge is -2.06. The summed E-state index contributed by atoms with van der Waals surface area (Å²) in [5.74, 6) is -1.05. The molecule has 0 saturated heterocycles. The zero-order chi connectivity index (χ0) is 19.3. The van der Waals surface area contributed by atoms with Crippen molar-refractivity contribution in [2.45, 2.75) is 20.8 Å². The van der Waals surface area contributed by atoms with E-state index in [0.717, 1.165) is 0 Å². The van der Waals surface area contributed by atoms with Gasteiger partial charge >= 0.3 is 11.9 Å². The van der Waals surface area contributed by atoms with Crippen LogP contribution < -0.4 is 4.74 Å². The summed E-state index contributed by atoms with van der Waals surface area (Å²) in [6.45, 7) is 4.83. The van der Waals surface area contributed by atoms with Crippen molar-refractivity contribution in [1.82, 2.24) is 4.98 Å². The summed E-state index contributed by atoms with van der Waals surface area (Å²) in [6.07, 6.45) is 0. The summed E-state index contributed by atoms with van der Waals surface area (Å²) in [7, 11) is 1.49. The number of methoxy groups -OCH3 is 1. The van der Waals surface area contributed by atoms with Crippen molar-refractivity contribution in [2.24, 2.45) is 0 Å². The molecule has 2 rings (SSSR count). The second-order valence-electron chi connectivity index (χ2n) is 5.58. The minimum Gasteiger partial charge on any atom is -0.497 e. The Morgan fingerprint density at radius 2 is 1.81 bits per heavy atom. The smallest absolute Gasteiger partial charge is 0.340 e. The number of H-pyrrole nitrogens is 1. The molecule has 0 saturated carbocycles. The zero-order valence-corrected chi connectivity index (χ0v) is 15.2. The van der Waals surface area contributed by atoms with Crippen LogP contribution in [0, 0.1) is 13.8 Å². The molecular weight excluding hydrogens is 338 g/mol. The van der Waals surface area contributed by atoms with Gasteiger partial charge < -0.3 is 19.2 Å². The number of aromatic amines is 1. The number of ether oxygens (including phenoxy) is 3. The van der Waals surface area contributed by atoms with E-state index < -0.39 is 24.3 Å². The summed E-state index contributed by atoms with van der Waals surface area (Å²) >= 11 is 0. The van der Waals surface area contributed by atoms with E-state index in [1.165, 1.54) is 13.2 Å². The summed E-state index contributed by atoms with van der Waals surface area (Å²) in [5, 5.41) is 0. The Labute approximate surface area is 151 Å². The number of esters is 2. The first kappa shape index (κ1) is 19.2. The number of hydrogen-bond donors (Lipinski definition) is 1. The SMILES string of the molecule is CCOC(=O)c1c(C)[nH]c(C(=O)COC(=O)c2cccc(OC)c2)c1C. The van der Waals surface area contributed by atoms with Crippen LogP contribution >= 0.6 is 0 Å². The van der Waals surface area contributed by atoms with Crippen molar-refractivity contribution >= 4 is 17.7 Å². The number of rotatable bonds is 7. The third-order valence-corrected chi connectivity index (χ3v) is 3.84. The van der Waals surface area contributed by atoms with Crippen LogP contribution in [-0.2, 0) is 9.47 Å². The number of Topliss-reactive ketones (excluding diaryl/α,β-unsaturated/α-hetero) is 1. The van der Waals surface area contributed by atoms with Crippen LogP contribution in [0.1, 0.15) is 49.4 Å². The minimum atomic E-state index is -0.635. The molecule has 0 aliphatic rings. The van der Waals surface area contributed by atoms with Crippen LogP contribution in [0.4, 0.5) is 0 Å². The Kier molecular flexibility index (Phi) is 6.16. The predicted molar refractivity (Wildman–Crippen MR) is 93.8 cm³/mol. The van der Waals surface area contributed by atoms with E-state index >= 15 is 0 Å². The van der Waals surface area contributed by atoms with Gasteiger partial charge in [-0.05, 0) is 44.5 Å². The van der Waals surface area contributed by atoms with Gasteiger partial charge in [-0.2, -0.15) is 0 Å². The number of aromatic nitrogens is 1. The molecule has 0 bridgehead atoms. The van der Waals surface area contributed by atoms with Crippen molar-refractivity contribution in [3.8, 4) is 5.75 Å². The Bertz CT molecular complexity index is 837. The molecule has 0 atom stereocenters. The Morgan fingerprint density at radius 1 is 1.08 bits per heavy atom. The fourth-order valence-electron chi connectivity index (χ4n) is 2.57.